The molecule has 0 aliphatic heterocycles. The molecule has 36 heavy (non-hydrogen) atoms. The summed E-state index contributed by atoms with van der Waals surface area (Å²) in [6.07, 6.45) is 26.7. The molecule has 2 aromatic rings. The Hall–Kier alpha value is -2.35. The van der Waals surface area contributed by atoms with Gasteiger partial charge in [-0.25, -0.2) is 18.7 Å². The van der Waals surface area contributed by atoms with E-state index in [0.29, 0.717) is 0 Å². The average Bonchev–Trinajstić information content (AvgIpc) is 2.88. The van der Waals surface area contributed by atoms with Crippen LogP contribution < -0.4 is 0 Å². The van der Waals surface area contributed by atoms with Crippen LogP contribution in [0.4, 0.5) is 8.78 Å². The first-order chi connectivity index (χ1) is 17.7. The van der Waals surface area contributed by atoms with Crippen molar-refractivity contribution in [3.8, 4) is 17.5 Å². The van der Waals surface area contributed by atoms with Gasteiger partial charge in [0.05, 0.1) is 0 Å². The zero-order valence-corrected chi connectivity index (χ0v) is 22.3. The lowest BCUT2D eigenvalue weighted by Gasteiger charge is -2.06. The van der Waals surface area contributed by atoms with Crippen molar-refractivity contribution in [1.29, 1.82) is 5.26 Å². The van der Waals surface area contributed by atoms with Crippen LogP contribution in [0.3, 0.4) is 0 Å². The van der Waals surface area contributed by atoms with Gasteiger partial charge in [0.15, 0.2) is 5.82 Å². The molecule has 1 heterocycles. The molecule has 0 saturated heterocycles. The minimum absolute atomic E-state index is 0.253. The van der Waals surface area contributed by atoms with Crippen LogP contribution >= 0.6 is 0 Å². The van der Waals surface area contributed by atoms with Crippen LogP contribution in [0.25, 0.3) is 11.4 Å². The number of hydrogen-bond acceptors (Lipinski definition) is 3. The molecule has 0 spiro atoms. The van der Waals surface area contributed by atoms with Crippen molar-refractivity contribution < 1.29 is 8.78 Å². The Labute approximate surface area is 217 Å². The first kappa shape index (κ1) is 29.9. The molecule has 0 fully saturated rings. The predicted octanol–water partition coefficient (Wildman–Crippen LogP) is 9.88. The van der Waals surface area contributed by atoms with Gasteiger partial charge in [-0.1, -0.05) is 116 Å². The van der Waals surface area contributed by atoms with Crippen LogP contribution in [0.2, 0.25) is 0 Å². The molecule has 0 unspecified atom stereocenters. The maximum atomic E-state index is 13.9. The minimum atomic E-state index is -0.884. The van der Waals surface area contributed by atoms with Crippen molar-refractivity contribution in [3.05, 3.63) is 47.3 Å². The highest BCUT2D eigenvalue weighted by molar-refractivity contribution is 5.57. The third kappa shape index (κ3) is 12.1. The van der Waals surface area contributed by atoms with Crippen LogP contribution in [0, 0.1) is 23.0 Å². The lowest BCUT2D eigenvalue weighted by molar-refractivity contribution is 0.525. The molecule has 198 valence electrons. The van der Waals surface area contributed by atoms with Crippen LogP contribution in [0.5, 0.6) is 0 Å². The minimum Gasteiger partial charge on any atom is -0.237 e. The highest BCUT2D eigenvalue weighted by Crippen LogP contribution is 2.22. The number of nitrogens with zero attached hydrogens (tertiary/aromatic N) is 3. The number of halogens is 2. The molecule has 2 rings (SSSR count). The summed E-state index contributed by atoms with van der Waals surface area (Å²) in [4.78, 5) is 8.62. The summed E-state index contributed by atoms with van der Waals surface area (Å²) in [5.41, 5.74) is 0.555. The van der Waals surface area contributed by atoms with Crippen LogP contribution in [-0.4, -0.2) is 9.97 Å². The first-order valence-corrected chi connectivity index (χ1v) is 14.4. The maximum absolute atomic E-state index is 13.9. The summed E-state index contributed by atoms with van der Waals surface area (Å²) in [5.74, 6) is -1.48. The van der Waals surface area contributed by atoms with Crippen molar-refractivity contribution >= 4 is 0 Å². The van der Waals surface area contributed by atoms with Crippen molar-refractivity contribution in [2.24, 2.45) is 0 Å². The van der Waals surface area contributed by atoms with Crippen LogP contribution in [0.1, 0.15) is 134 Å². The lowest BCUT2D eigenvalue weighted by atomic mass is 10.0. The normalized spacial score (nSPS) is 11.1. The van der Waals surface area contributed by atoms with Crippen molar-refractivity contribution in [3.63, 3.8) is 0 Å². The second kappa shape index (κ2) is 18.9. The third-order valence-electron chi connectivity index (χ3n) is 6.91. The van der Waals surface area contributed by atoms with E-state index < -0.39 is 17.2 Å². The molecule has 5 heteroatoms. The molecule has 0 saturated carbocycles. The smallest absolute Gasteiger partial charge is 0.159 e. The number of nitriles is 1. The van der Waals surface area contributed by atoms with Gasteiger partial charge < -0.3 is 0 Å². The quantitative estimate of drug-likeness (QED) is 0.171. The predicted molar refractivity (Wildman–Crippen MR) is 145 cm³/mol. The van der Waals surface area contributed by atoms with Gasteiger partial charge in [0.1, 0.15) is 23.3 Å². The number of rotatable bonds is 20. The Balaban J connectivity index is 1.47. The van der Waals surface area contributed by atoms with Crippen LogP contribution in [0.15, 0.2) is 24.4 Å². The Morgan fingerprint density at radius 3 is 1.58 bits per heavy atom. The topological polar surface area (TPSA) is 49.6 Å². The van der Waals surface area contributed by atoms with Gasteiger partial charge in [0.2, 0.25) is 0 Å². The Morgan fingerprint density at radius 2 is 1.14 bits per heavy atom. The Morgan fingerprint density at radius 1 is 0.694 bits per heavy atom. The molecular formula is C31H45F2N3. The van der Waals surface area contributed by atoms with Gasteiger partial charge >= 0.3 is 0 Å². The standard InChI is InChI=1S/C31H45F2N3/c1-2-3-4-5-6-7-8-9-10-11-12-13-14-15-16-17-18-19-20-27-21-22-35-31(36-27)26-23-29(32)28(25-34)30(33)24-26/h21-24H,2-20H2,1H3. The van der Waals surface area contributed by atoms with E-state index in [9.17, 15) is 8.78 Å². The SMILES string of the molecule is CCCCCCCCCCCCCCCCCCCCc1ccnc(-c2cc(F)c(C#N)c(F)c2)n1. The monoisotopic (exact) mass is 497 g/mol. The van der Waals surface area contributed by atoms with E-state index in [1.165, 1.54) is 109 Å². The largest absolute Gasteiger partial charge is 0.237 e. The lowest BCUT2D eigenvalue weighted by Crippen LogP contribution is -1.98. The van der Waals surface area contributed by atoms with E-state index in [2.05, 4.69) is 16.9 Å². The van der Waals surface area contributed by atoms with Gasteiger partial charge in [-0.2, -0.15) is 5.26 Å². The summed E-state index contributed by atoms with van der Waals surface area (Å²) >= 11 is 0. The summed E-state index contributed by atoms with van der Waals surface area (Å²) in [6, 6.07) is 5.64. The zero-order chi connectivity index (χ0) is 25.8. The highest BCUT2D eigenvalue weighted by Gasteiger charge is 2.13. The van der Waals surface area contributed by atoms with E-state index >= 15 is 0 Å². The highest BCUT2D eigenvalue weighted by atomic mass is 19.1. The van der Waals surface area contributed by atoms with E-state index in [1.54, 1.807) is 6.20 Å². The summed E-state index contributed by atoms with van der Waals surface area (Å²) in [7, 11) is 0. The van der Waals surface area contributed by atoms with Gasteiger partial charge in [-0.3, -0.25) is 0 Å². The Bertz CT molecular complexity index is 884. The molecule has 3 nitrogen and oxygen atoms in total. The summed E-state index contributed by atoms with van der Waals surface area (Å²) in [6.45, 7) is 2.28. The molecule has 1 aromatic heterocycles. The zero-order valence-electron chi connectivity index (χ0n) is 22.3. The van der Waals surface area contributed by atoms with E-state index in [0.717, 1.165) is 37.1 Å². The van der Waals surface area contributed by atoms with Gasteiger partial charge in [-0.05, 0) is 31.0 Å². The average molecular weight is 498 g/mol. The van der Waals surface area contributed by atoms with Crippen LogP contribution in [-0.2, 0) is 6.42 Å². The van der Waals surface area contributed by atoms with Crippen molar-refractivity contribution in [1.82, 2.24) is 9.97 Å². The van der Waals surface area contributed by atoms with Crippen molar-refractivity contribution in [2.75, 3.05) is 0 Å². The molecule has 0 bridgehead atoms. The fraction of sp³-hybridized carbons (Fsp3) is 0.645. The fourth-order valence-electron chi connectivity index (χ4n) is 4.69. The molecule has 0 aliphatic carbocycles. The molecule has 1 aromatic carbocycles. The van der Waals surface area contributed by atoms with Gasteiger partial charge in [0, 0.05) is 17.5 Å². The number of unbranched alkanes of at least 4 members (excludes halogenated alkanes) is 17. The molecule has 0 aliphatic rings. The second-order valence-electron chi connectivity index (χ2n) is 10.1. The summed E-state index contributed by atoms with van der Waals surface area (Å²) in [5, 5.41) is 8.82. The fourth-order valence-corrected chi connectivity index (χ4v) is 4.69. The number of benzene rings is 1. The van der Waals surface area contributed by atoms with E-state index in [-0.39, 0.29) is 11.4 Å². The molecule has 0 amide bonds. The van der Waals surface area contributed by atoms with Crippen molar-refractivity contribution in [2.45, 2.75) is 129 Å². The number of aryl methyl sites for hydroxylation is 1. The number of hydrogen-bond donors (Lipinski definition) is 0. The van der Waals surface area contributed by atoms with E-state index in [4.69, 9.17) is 5.26 Å². The molecule has 0 atom stereocenters. The molecule has 0 N–H and O–H groups in total. The Kier molecular flexibility index (Phi) is 15.6. The summed E-state index contributed by atoms with van der Waals surface area (Å²) < 4.78 is 27.8. The number of aromatic nitrogens is 2. The first-order valence-electron chi connectivity index (χ1n) is 14.4. The van der Waals surface area contributed by atoms with Gasteiger partial charge in [0.25, 0.3) is 0 Å². The second-order valence-corrected chi connectivity index (χ2v) is 10.1. The third-order valence-corrected chi connectivity index (χ3v) is 6.91. The van der Waals surface area contributed by atoms with Gasteiger partial charge in [-0.15, -0.1) is 0 Å². The maximum Gasteiger partial charge on any atom is 0.159 e. The molecular weight excluding hydrogens is 452 g/mol. The molecule has 0 radical (unpaired) electrons. The van der Waals surface area contributed by atoms with E-state index in [1.807, 2.05) is 6.07 Å².